The number of halogens is 3. The Morgan fingerprint density at radius 3 is 2.33 bits per heavy atom. The van der Waals surface area contributed by atoms with Crippen molar-refractivity contribution in [2.24, 2.45) is 0 Å². The molecule has 21 heavy (non-hydrogen) atoms. The Kier molecular flexibility index (Phi) is 4.31. The molecular weight excluding hydrogens is 291 g/mol. The van der Waals surface area contributed by atoms with E-state index in [2.05, 4.69) is 5.32 Å². The maximum Gasteiger partial charge on any atom is 0.411 e. The molecule has 0 aromatic heterocycles. The zero-order chi connectivity index (χ0) is 15.7. The summed E-state index contributed by atoms with van der Waals surface area (Å²) in [4.78, 5) is 25.6. The van der Waals surface area contributed by atoms with Crippen LogP contribution in [0.2, 0.25) is 0 Å². The van der Waals surface area contributed by atoms with Crippen LogP contribution in [0.4, 0.5) is 18.0 Å². The molecule has 1 aliphatic heterocycles. The normalized spacial score (nSPS) is 22.5. The van der Waals surface area contributed by atoms with Crippen LogP contribution in [-0.2, 0) is 4.79 Å². The summed E-state index contributed by atoms with van der Waals surface area (Å²) in [5.41, 5.74) is -2.06. The van der Waals surface area contributed by atoms with E-state index in [1.807, 2.05) is 0 Å². The largest absolute Gasteiger partial charge is 0.480 e. The number of aliphatic carboxylic acids is 1. The van der Waals surface area contributed by atoms with Gasteiger partial charge in [0.15, 0.2) is 0 Å². The Hall–Kier alpha value is -1.51. The number of alkyl halides is 3. The number of carbonyl (C=O) groups excluding carboxylic acids is 1. The minimum atomic E-state index is -4.43. The van der Waals surface area contributed by atoms with E-state index in [0.717, 1.165) is 0 Å². The van der Waals surface area contributed by atoms with Gasteiger partial charge in [-0.2, -0.15) is 13.2 Å². The second-order valence-corrected chi connectivity index (χ2v) is 5.52. The van der Waals surface area contributed by atoms with E-state index in [4.69, 9.17) is 5.11 Å². The lowest BCUT2D eigenvalue weighted by atomic mass is 10.2. The van der Waals surface area contributed by atoms with Crippen molar-refractivity contribution in [2.75, 3.05) is 32.7 Å². The third-order valence-electron chi connectivity index (χ3n) is 3.87. The van der Waals surface area contributed by atoms with Gasteiger partial charge in [-0.3, -0.25) is 9.69 Å². The maximum atomic E-state index is 12.8. The van der Waals surface area contributed by atoms with Crippen LogP contribution in [-0.4, -0.2) is 71.3 Å². The SMILES string of the molecule is O=C(O)CN1CCCN(C(=O)NC2(C(F)(F)F)CC2)CC1. The highest BCUT2D eigenvalue weighted by Gasteiger charge is 2.64. The quantitative estimate of drug-likeness (QED) is 0.812. The Bertz CT molecular complexity index is 424. The Morgan fingerprint density at radius 1 is 1.14 bits per heavy atom. The van der Waals surface area contributed by atoms with Crippen molar-refractivity contribution < 1.29 is 27.9 Å². The second kappa shape index (κ2) is 5.70. The molecule has 2 amide bonds. The van der Waals surface area contributed by atoms with Crippen LogP contribution in [0.5, 0.6) is 0 Å². The summed E-state index contributed by atoms with van der Waals surface area (Å²) in [7, 11) is 0. The smallest absolute Gasteiger partial charge is 0.411 e. The van der Waals surface area contributed by atoms with Gasteiger partial charge in [-0.05, 0) is 19.3 Å². The lowest BCUT2D eigenvalue weighted by Crippen LogP contribution is -2.53. The van der Waals surface area contributed by atoms with Crippen LogP contribution < -0.4 is 5.32 Å². The standard InChI is InChI=1S/C12H18F3N3O3/c13-12(14,15)11(2-3-11)16-10(21)18-5-1-4-17(6-7-18)8-9(19)20/h1-8H2,(H,16,21)(H,19,20). The van der Waals surface area contributed by atoms with E-state index >= 15 is 0 Å². The number of nitrogens with zero attached hydrogens (tertiary/aromatic N) is 2. The highest BCUT2D eigenvalue weighted by molar-refractivity contribution is 5.76. The van der Waals surface area contributed by atoms with Crippen molar-refractivity contribution in [3.63, 3.8) is 0 Å². The van der Waals surface area contributed by atoms with Gasteiger partial charge in [-0.1, -0.05) is 0 Å². The van der Waals surface area contributed by atoms with Crippen molar-refractivity contribution >= 4 is 12.0 Å². The lowest BCUT2D eigenvalue weighted by Gasteiger charge is -2.26. The molecule has 1 aliphatic carbocycles. The van der Waals surface area contributed by atoms with Gasteiger partial charge in [-0.15, -0.1) is 0 Å². The zero-order valence-electron chi connectivity index (χ0n) is 11.4. The molecule has 2 aliphatic rings. The number of hydrogen-bond acceptors (Lipinski definition) is 3. The second-order valence-electron chi connectivity index (χ2n) is 5.52. The molecule has 0 bridgehead atoms. The lowest BCUT2D eigenvalue weighted by molar-refractivity contribution is -0.163. The van der Waals surface area contributed by atoms with Crippen molar-refractivity contribution in [3.8, 4) is 0 Å². The fourth-order valence-electron chi connectivity index (χ4n) is 2.41. The number of amides is 2. The van der Waals surface area contributed by atoms with Gasteiger partial charge in [-0.25, -0.2) is 4.79 Å². The van der Waals surface area contributed by atoms with Gasteiger partial charge in [0.25, 0.3) is 0 Å². The molecule has 2 N–H and O–H groups in total. The monoisotopic (exact) mass is 309 g/mol. The first-order valence-corrected chi connectivity index (χ1v) is 6.81. The van der Waals surface area contributed by atoms with Crippen molar-refractivity contribution in [3.05, 3.63) is 0 Å². The molecule has 6 nitrogen and oxygen atoms in total. The summed E-state index contributed by atoms with van der Waals surface area (Å²) in [5, 5.41) is 10.8. The minimum absolute atomic E-state index is 0.0821. The molecule has 1 heterocycles. The summed E-state index contributed by atoms with van der Waals surface area (Å²) in [6.45, 7) is 1.30. The summed E-state index contributed by atoms with van der Waals surface area (Å²) in [6.07, 6.45) is -4.05. The third kappa shape index (κ3) is 3.78. The van der Waals surface area contributed by atoms with Gasteiger partial charge in [0.2, 0.25) is 0 Å². The number of carbonyl (C=O) groups is 2. The van der Waals surface area contributed by atoms with E-state index in [9.17, 15) is 22.8 Å². The average Bonchev–Trinajstić information content (AvgIpc) is 3.12. The molecule has 1 saturated heterocycles. The molecule has 2 fully saturated rings. The predicted molar refractivity (Wildman–Crippen MR) is 66.8 cm³/mol. The number of carboxylic acid groups (broad SMARTS) is 1. The Balaban J connectivity index is 1.88. The summed E-state index contributed by atoms with van der Waals surface area (Å²) in [6, 6.07) is -0.720. The summed E-state index contributed by atoms with van der Waals surface area (Å²) < 4.78 is 38.4. The van der Waals surface area contributed by atoms with Crippen molar-refractivity contribution in [1.82, 2.24) is 15.1 Å². The summed E-state index contributed by atoms with van der Waals surface area (Å²) >= 11 is 0. The van der Waals surface area contributed by atoms with Gasteiger partial charge >= 0.3 is 18.2 Å². The van der Waals surface area contributed by atoms with Crippen LogP contribution in [0.3, 0.4) is 0 Å². The number of rotatable bonds is 3. The number of urea groups is 1. The van der Waals surface area contributed by atoms with Crippen LogP contribution in [0.1, 0.15) is 19.3 Å². The van der Waals surface area contributed by atoms with E-state index < -0.39 is 23.7 Å². The Morgan fingerprint density at radius 2 is 1.81 bits per heavy atom. The van der Waals surface area contributed by atoms with Crippen LogP contribution in [0.15, 0.2) is 0 Å². The molecule has 0 atom stereocenters. The van der Waals surface area contributed by atoms with E-state index in [-0.39, 0.29) is 25.9 Å². The van der Waals surface area contributed by atoms with E-state index in [1.54, 1.807) is 4.90 Å². The van der Waals surface area contributed by atoms with Gasteiger partial charge in [0.1, 0.15) is 5.54 Å². The summed E-state index contributed by atoms with van der Waals surface area (Å²) in [5.74, 6) is -0.957. The number of hydrogen-bond donors (Lipinski definition) is 2. The first-order valence-electron chi connectivity index (χ1n) is 6.81. The molecule has 0 radical (unpaired) electrons. The molecule has 0 aromatic carbocycles. The fourth-order valence-corrected chi connectivity index (χ4v) is 2.41. The maximum absolute atomic E-state index is 12.8. The van der Waals surface area contributed by atoms with E-state index in [0.29, 0.717) is 26.1 Å². The van der Waals surface area contributed by atoms with Crippen LogP contribution >= 0.6 is 0 Å². The molecule has 0 aromatic rings. The molecular formula is C12H18F3N3O3. The molecule has 9 heteroatoms. The molecule has 120 valence electrons. The average molecular weight is 309 g/mol. The highest BCUT2D eigenvalue weighted by Crippen LogP contribution is 2.48. The van der Waals surface area contributed by atoms with Crippen LogP contribution in [0.25, 0.3) is 0 Å². The number of carboxylic acids is 1. The molecule has 1 saturated carbocycles. The molecule has 0 spiro atoms. The first kappa shape index (κ1) is 15.9. The van der Waals surface area contributed by atoms with Crippen molar-refractivity contribution in [2.45, 2.75) is 31.0 Å². The predicted octanol–water partition coefficient (Wildman–Crippen LogP) is 0.883. The molecule has 0 unspecified atom stereocenters. The third-order valence-corrected chi connectivity index (χ3v) is 3.87. The van der Waals surface area contributed by atoms with Gasteiger partial charge < -0.3 is 15.3 Å². The van der Waals surface area contributed by atoms with Crippen LogP contribution in [0, 0.1) is 0 Å². The zero-order valence-corrected chi connectivity index (χ0v) is 11.4. The first-order chi connectivity index (χ1) is 9.73. The minimum Gasteiger partial charge on any atom is -0.480 e. The van der Waals surface area contributed by atoms with E-state index in [1.165, 1.54) is 4.90 Å². The topological polar surface area (TPSA) is 72.9 Å². The highest BCUT2D eigenvalue weighted by atomic mass is 19.4. The fraction of sp³-hybridized carbons (Fsp3) is 0.833. The van der Waals surface area contributed by atoms with Gasteiger partial charge in [0.05, 0.1) is 6.54 Å². The molecule has 2 rings (SSSR count). The van der Waals surface area contributed by atoms with Crippen molar-refractivity contribution in [1.29, 1.82) is 0 Å². The Labute approximate surface area is 119 Å². The number of nitrogens with one attached hydrogen (secondary N) is 1. The van der Waals surface area contributed by atoms with Gasteiger partial charge in [0, 0.05) is 26.2 Å².